The van der Waals surface area contributed by atoms with Crippen molar-refractivity contribution < 1.29 is 9.47 Å². The normalized spacial score (nSPS) is 10.4. The highest BCUT2D eigenvalue weighted by molar-refractivity contribution is 7.80. The standard InChI is InChI=1S/C8H18O2S/c1-2-9-5-3-6-10-7-4-8-11/h11H,2-8H2,1H3. The van der Waals surface area contributed by atoms with E-state index in [0.29, 0.717) is 0 Å². The van der Waals surface area contributed by atoms with Crippen LogP contribution in [-0.4, -0.2) is 32.2 Å². The predicted octanol–water partition coefficient (Wildman–Crippen LogP) is 1.75. The second-order valence-electron chi connectivity index (χ2n) is 2.24. The zero-order valence-electron chi connectivity index (χ0n) is 7.21. The van der Waals surface area contributed by atoms with Gasteiger partial charge in [-0.1, -0.05) is 0 Å². The van der Waals surface area contributed by atoms with Gasteiger partial charge in [-0.3, -0.25) is 0 Å². The van der Waals surface area contributed by atoms with Gasteiger partial charge in [0, 0.05) is 26.4 Å². The highest BCUT2D eigenvalue weighted by Crippen LogP contribution is 1.88. The molecule has 0 aromatic rings. The van der Waals surface area contributed by atoms with Crippen molar-refractivity contribution in [1.82, 2.24) is 0 Å². The molecule has 68 valence electrons. The number of thiol groups is 1. The van der Waals surface area contributed by atoms with Crippen molar-refractivity contribution in [1.29, 1.82) is 0 Å². The summed E-state index contributed by atoms with van der Waals surface area (Å²) in [4.78, 5) is 0. The van der Waals surface area contributed by atoms with Gasteiger partial charge in [0.05, 0.1) is 0 Å². The molecule has 0 atom stereocenters. The Morgan fingerprint density at radius 3 is 2.27 bits per heavy atom. The van der Waals surface area contributed by atoms with Gasteiger partial charge >= 0.3 is 0 Å². The van der Waals surface area contributed by atoms with Gasteiger partial charge in [-0.25, -0.2) is 0 Å². The smallest absolute Gasteiger partial charge is 0.0487 e. The van der Waals surface area contributed by atoms with E-state index in [-0.39, 0.29) is 0 Å². The Hall–Kier alpha value is 0.270. The SMILES string of the molecule is CCOCCCOCCCS. The van der Waals surface area contributed by atoms with E-state index < -0.39 is 0 Å². The summed E-state index contributed by atoms with van der Waals surface area (Å²) in [5, 5.41) is 0. The third kappa shape index (κ3) is 10.3. The Balaban J connectivity index is 2.69. The molecule has 0 aliphatic carbocycles. The maximum Gasteiger partial charge on any atom is 0.0487 e. The van der Waals surface area contributed by atoms with Crippen molar-refractivity contribution in [3.8, 4) is 0 Å². The molecule has 0 unspecified atom stereocenters. The van der Waals surface area contributed by atoms with Crippen LogP contribution in [0.1, 0.15) is 19.8 Å². The first-order chi connectivity index (χ1) is 5.41. The molecule has 0 N–H and O–H groups in total. The molecular weight excluding hydrogens is 160 g/mol. The van der Waals surface area contributed by atoms with E-state index in [0.717, 1.165) is 45.0 Å². The molecule has 0 aliphatic heterocycles. The molecule has 0 aromatic carbocycles. The van der Waals surface area contributed by atoms with Crippen LogP contribution in [0.3, 0.4) is 0 Å². The van der Waals surface area contributed by atoms with Crippen molar-refractivity contribution in [2.75, 3.05) is 32.2 Å². The van der Waals surface area contributed by atoms with Gasteiger partial charge in [0.1, 0.15) is 0 Å². The lowest BCUT2D eigenvalue weighted by atomic mass is 10.5. The van der Waals surface area contributed by atoms with Crippen LogP contribution in [0.25, 0.3) is 0 Å². The zero-order chi connectivity index (χ0) is 8.36. The summed E-state index contributed by atoms with van der Waals surface area (Å²) < 4.78 is 10.4. The minimum Gasteiger partial charge on any atom is -0.382 e. The van der Waals surface area contributed by atoms with Crippen LogP contribution in [0, 0.1) is 0 Å². The first-order valence-corrected chi connectivity index (χ1v) is 4.81. The molecule has 0 saturated carbocycles. The first-order valence-electron chi connectivity index (χ1n) is 4.18. The van der Waals surface area contributed by atoms with Crippen LogP contribution in [0.5, 0.6) is 0 Å². The molecule has 0 aromatic heterocycles. The van der Waals surface area contributed by atoms with E-state index in [9.17, 15) is 0 Å². The van der Waals surface area contributed by atoms with Crippen LogP contribution in [0.4, 0.5) is 0 Å². The summed E-state index contributed by atoms with van der Waals surface area (Å²) in [6.45, 7) is 5.26. The van der Waals surface area contributed by atoms with Gasteiger partial charge in [0.15, 0.2) is 0 Å². The average Bonchev–Trinajstić information content (AvgIpc) is 2.03. The lowest BCUT2D eigenvalue weighted by molar-refractivity contribution is 0.0886. The Morgan fingerprint density at radius 1 is 1.00 bits per heavy atom. The fourth-order valence-electron chi connectivity index (χ4n) is 0.676. The Labute approximate surface area is 74.7 Å². The van der Waals surface area contributed by atoms with Crippen LogP contribution in [0.15, 0.2) is 0 Å². The summed E-state index contributed by atoms with van der Waals surface area (Å²) in [5.74, 6) is 0.908. The molecule has 3 heteroatoms. The molecule has 0 saturated heterocycles. The van der Waals surface area contributed by atoms with E-state index in [4.69, 9.17) is 9.47 Å². The summed E-state index contributed by atoms with van der Waals surface area (Å²) >= 11 is 4.07. The van der Waals surface area contributed by atoms with Crippen LogP contribution in [0.2, 0.25) is 0 Å². The molecule has 11 heavy (non-hydrogen) atoms. The third-order valence-electron chi connectivity index (χ3n) is 1.23. The number of ether oxygens (including phenoxy) is 2. The summed E-state index contributed by atoms with van der Waals surface area (Å²) in [5.41, 5.74) is 0. The Morgan fingerprint density at radius 2 is 1.64 bits per heavy atom. The summed E-state index contributed by atoms with van der Waals surface area (Å²) in [7, 11) is 0. The van der Waals surface area contributed by atoms with Crippen LogP contribution in [-0.2, 0) is 9.47 Å². The van der Waals surface area contributed by atoms with Crippen molar-refractivity contribution in [3.05, 3.63) is 0 Å². The quantitative estimate of drug-likeness (QED) is 0.451. The predicted molar refractivity (Wildman–Crippen MR) is 50.4 cm³/mol. The van der Waals surface area contributed by atoms with Crippen molar-refractivity contribution in [3.63, 3.8) is 0 Å². The van der Waals surface area contributed by atoms with Crippen molar-refractivity contribution in [2.24, 2.45) is 0 Å². The highest BCUT2D eigenvalue weighted by atomic mass is 32.1. The monoisotopic (exact) mass is 178 g/mol. The van der Waals surface area contributed by atoms with Gasteiger partial charge in [-0.2, -0.15) is 12.6 Å². The molecule has 0 bridgehead atoms. The van der Waals surface area contributed by atoms with Gasteiger partial charge in [0.2, 0.25) is 0 Å². The average molecular weight is 178 g/mol. The van der Waals surface area contributed by atoms with Crippen molar-refractivity contribution >= 4 is 12.6 Å². The Bertz CT molecular complexity index is 61.1. The highest BCUT2D eigenvalue weighted by Gasteiger charge is 1.88. The molecule has 0 aliphatic rings. The second-order valence-corrected chi connectivity index (χ2v) is 2.69. The van der Waals surface area contributed by atoms with Gasteiger partial charge < -0.3 is 9.47 Å². The van der Waals surface area contributed by atoms with Crippen LogP contribution < -0.4 is 0 Å². The maximum absolute atomic E-state index is 5.29. The second kappa shape index (κ2) is 10.3. The number of hydrogen-bond donors (Lipinski definition) is 1. The first kappa shape index (κ1) is 11.3. The third-order valence-corrected chi connectivity index (χ3v) is 1.54. The van der Waals surface area contributed by atoms with E-state index in [1.807, 2.05) is 6.92 Å². The molecule has 0 rings (SSSR count). The number of rotatable bonds is 8. The minimum atomic E-state index is 0.802. The minimum absolute atomic E-state index is 0.802. The molecule has 0 heterocycles. The summed E-state index contributed by atoms with van der Waals surface area (Å²) in [6.07, 6.45) is 2.04. The molecule has 0 fully saturated rings. The lowest BCUT2D eigenvalue weighted by Gasteiger charge is -2.02. The fourth-order valence-corrected chi connectivity index (χ4v) is 0.805. The van der Waals surface area contributed by atoms with E-state index in [1.165, 1.54) is 0 Å². The van der Waals surface area contributed by atoms with Crippen molar-refractivity contribution in [2.45, 2.75) is 19.8 Å². The fraction of sp³-hybridized carbons (Fsp3) is 1.00. The van der Waals surface area contributed by atoms with Gasteiger partial charge in [-0.05, 0) is 25.5 Å². The molecular formula is C8H18O2S. The maximum atomic E-state index is 5.29. The molecule has 0 amide bonds. The van der Waals surface area contributed by atoms with Gasteiger partial charge in [-0.15, -0.1) is 0 Å². The van der Waals surface area contributed by atoms with Gasteiger partial charge in [0.25, 0.3) is 0 Å². The number of hydrogen-bond acceptors (Lipinski definition) is 3. The molecule has 0 spiro atoms. The molecule has 0 radical (unpaired) electrons. The summed E-state index contributed by atoms with van der Waals surface area (Å²) in [6, 6.07) is 0. The van der Waals surface area contributed by atoms with E-state index >= 15 is 0 Å². The van der Waals surface area contributed by atoms with E-state index in [2.05, 4.69) is 12.6 Å². The lowest BCUT2D eigenvalue weighted by Crippen LogP contribution is -2.02. The Kier molecular flexibility index (Phi) is 10.5. The topological polar surface area (TPSA) is 18.5 Å². The largest absolute Gasteiger partial charge is 0.382 e. The molecule has 2 nitrogen and oxygen atoms in total. The zero-order valence-corrected chi connectivity index (χ0v) is 8.11. The van der Waals surface area contributed by atoms with E-state index in [1.54, 1.807) is 0 Å². The van der Waals surface area contributed by atoms with Crippen LogP contribution >= 0.6 is 12.6 Å².